The van der Waals surface area contributed by atoms with E-state index < -0.39 is 11.6 Å². The third-order valence-corrected chi connectivity index (χ3v) is 4.62. The number of benzene rings is 1. The van der Waals surface area contributed by atoms with E-state index in [-0.39, 0.29) is 11.7 Å². The molecule has 2 aromatic rings. The lowest BCUT2D eigenvalue weighted by Gasteiger charge is -2.20. The summed E-state index contributed by atoms with van der Waals surface area (Å²) in [5.74, 6) is -0.989. The van der Waals surface area contributed by atoms with E-state index in [0.717, 1.165) is 17.1 Å². The van der Waals surface area contributed by atoms with Crippen LogP contribution >= 0.6 is 11.3 Å². The van der Waals surface area contributed by atoms with E-state index in [4.69, 9.17) is 0 Å². The Morgan fingerprint density at radius 2 is 2.14 bits per heavy atom. The molecular formula is C15H17F2N3S. The number of anilines is 1. The lowest BCUT2D eigenvalue weighted by atomic mass is 10.2. The lowest BCUT2D eigenvalue weighted by molar-refractivity contribution is 0.545. The topological polar surface area (TPSA) is 28.2 Å². The van der Waals surface area contributed by atoms with Crippen LogP contribution < -0.4 is 10.2 Å². The molecule has 1 aromatic heterocycles. The molecule has 3 rings (SSSR count). The fourth-order valence-corrected chi connectivity index (χ4v) is 3.36. The van der Waals surface area contributed by atoms with Gasteiger partial charge in [0.05, 0.1) is 0 Å². The van der Waals surface area contributed by atoms with Gasteiger partial charge in [-0.05, 0) is 25.5 Å². The third-order valence-electron chi connectivity index (χ3n) is 3.65. The fraction of sp³-hybridized carbons (Fsp3) is 0.400. The van der Waals surface area contributed by atoms with Crippen molar-refractivity contribution in [1.29, 1.82) is 0 Å². The summed E-state index contributed by atoms with van der Waals surface area (Å²) >= 11 is 1.63. The van der Waals surface area contributed by atoms with Crippen LogP contribution in [-0.4, -0.2) is 24.1 Å². The molecule has 2 heterocycles. The molecule has 6 heteroatoms. The van der Waals surface area contributed by atoms with Gasteiger partial charge in [-0.1, -0.05) is 6.07 Å². The molecule has 0 amide bonds. The van der Waals surface area contributed by atoms with Gasteiger partial charge in [0.1, 0.15) is 22.3 Å². The number of halogens is 2. The van der Waals surface area contributed by atoms with Crippen molar-refractivity contribution in [3.8, 4) is 0 Å². The predicted octanol–water partition coefficient (Wildman–Crippen LogP) is 3.10. The predicted molar refractivity (Wildman–Crippen MR) is 80.7 cm³/mol. The highest BCUT2D eigenvalue weighted by Gasteiger charge is 2.26. The maximum atomic E-state index is 13.8. The first-order chi connectivity index (χ1) is 10.1. The number of hydrogen-bond donors (Lipinski definition) is 1. The molecule has 1 aliphatic heterocycles. The van der Waals surface area contributed by atoms with Crippen molar-refractivity contribution in [3.63, 3.8) is 0 Å². The fourth-order valence-electron chi connectivity index (χ4n) is 2.64. The van der Waals surface area contributed by atoms with Gasteiger partial charge in [-0.2, -0.15) is 0 Å². The summed E-state index contributed by atoms with van der Waals surface area (Å²) in [5, 5.41) is 6.48. The third kappa shape index (κ3) is 3.22. The van der Waals surface area contributed by atoms with Gasteiger partial charge in [0.15, 0.2) is 0 Å². The minimum atomic E-state index is -0.494. The first kappa shape index (κ1) is 14.4. The highest BCUT2D eigenvalue weighted by molar-refractivity contribution is 7.09. The Labute approximate surface area is 126 Å². The molecule has 1 atom stereocenters. The van der Waals surface area contributed by atoms with Crippen LogP contribution in [0.25, 0.3) is 0 Å². The van der Waals surface area contributed by atoms with E-state index in [0.29, 0.717) is 19.6 Å². The maximum absolute atomic E-state index is 13.8. The number of hydrogen-bond acceptors (Lipinski definition) is 4. The van der Waals surface area contributed by atoms with E-state index in [1.165, 1.54) is 18.2 Å². The second kappa shape index (κ2) is 6.07. The van der Waals surface area contributed by atoms with E-state index in [9.17, 15) is 8.78 Å². The zero-order chi connectivity index (χ0) is 14.8. The van der Waals surface area contributed by atoms with Crippen LogP contribution in [0.3, 0.4) is 0 Å². The van der Waals surface area contributed by atoms with Crippen LogP contribution in [0.15, 0.2) is 23.6 Å². The van der Waals surface area contributed by atoms with Gasteiger partial charge in [0, 0.05) is 36.8 Å². The highest BCUT2D eigenvalue weighted by Crippen LogP contribution is 2.26. The number of nitrogens with one attached hydrogen (secondary N) is 1. The summed E-state index contributed by atoms with van der Waals surface area (Å²) in [6, 6.07) is 4.23. The second-order valence-corrected chi connectivity index (χ2v) is 6.21. The molecule has 1 saturated heterocycles. The minimum Gasteiger partial charge on any atom is -0.365 e. The van der Waals surface area contributed by atoms with Crippen LogP contribution in [0.2, 0.25) is 0 Å². The quantitative estimate of drug-likeness (QED) is 0.940. The van der Waals surface area contributed by atoms with Crippen LogP contribution in [0, 0.1) is 18.6 Å². The SMILES string of the molecule is Cc1csc(CN[C@@H]2CCN(c3c(F)cccc3F)C2)n1. The van der Waals surface area contributed by atoms with E-state index in [1.54, 1.807) is 16.2 Å². The molecule has 1 fully saturated rings. The van der Waals surface area contributed by atoms with Crippen LogP contribution in [0.1, 0.15) is 17.1 Å². The number of aromatic nitrogens is 1. The van der Waals surface area contributed by atoms with Gasteiger partial charge < -0.3 is 10.2 Å². The minimum absolute atomic E-state index is 0.0897. The molecule has 1 aromatic carbocycles. The molecule has 112 valence electrons. The lowest BCUT2D eigenvalue weighted by Crippen LogP contribution is -2.32. The molecule has 1 aliphatic rings. The molecule has 0 saturated carbocycles. The van der Waals surface area contributed by atoms with Gasteiger partial charge in [-0.25, -0.2) is 13.8 Å². The van der Waals surface area contributed by atoms with Crippen molar-refractivity contribution in [2.24, 2.45) is 0 Å². The molecular weight excluding hydrogens is 292 g/mol. The van der Waals surface area contributed by atoms with Gasteiger partial charge in [-0.3, -0.25) is 0 Å². The van der Waals surface area contributed by atoms with E-state index >= 15 is 0 Å². The van der Waals surface area contributed by atoms with Gasteiger partial charge in [-0.15, -0.1) is 11.3 Å². The molecule has 1 N–H and O–H groups in total. The average Bonchev–Trinajstić information content (AvgIpc) is 3.06. The summed E-state index contributed by atoms with van der Waals surface area (Å²) in [4.78, 5) is 6.17. The van der Waals surface area contributed by atoms with Crippen molar-refractivity contribution in [2.75, 3.05) is 18.0 Å². The smallest absolute Gasteiger partial charge is 0.149 e. The summed E-state index contributed by atoms with van der Waals surface area (Å²) < 4.78 is 27.5. The van der Waals surface area contributed by atoms with Crippen LogP contribution in [0.5, 0.6) is 0 Å². The highest BCUT2D eigenvalue weighted by atomic mass is 32.1. The molecule has 0 bridgehead atoms. The average molecular weight is 309 g/mol. The van der Waals surface area contributed by atoms with Crippen molar-refractivity contribution >= 4 is 17.0 Å². The molecule has 0 radical (unpaired) electrons. The Hall–Kier alpha value is -1.53. The summed E-state index contributed by atoms with van der Waals surface area (Å²) in [6.45, 7) is 3.95. The number of nitrogens with zero attached hydrogens (tertiary/aromatic N) is 2. The standard InChI is InChI=1S/C15H17F2N3S/c1-10-9-21-14(19-10)7-18-11-5-6-20(8-11)15-12(16)3-2-4-13(15)17/h2-4,9,11,18H,5-8H2,1H3/t11-/m1/s1. The van der Waals surface area contributed by atoms with Gasteiger partial charge >= 0.3 is 0 Å². The molecule has 21 heavy (non-hydrogen) atoms. The second-order valence-electron chi connectivity index (χ2n) is 5.27. The van der Waals surface area contributed by atoms with Crippen LogP contribution in [0.4, 0.5) is 14.5 Å². The number of aryl methyl sites for hydroxylation is 1. The monoisotopic (exact) mass is 309 g/mol. The molecule has 3 nitrogen and oxygen atoms in total. The maximum Gasteiger partial charge on any atom is 0.149 e. The van der Waals surface area contributed by atoms with Gasteiger partial charge in [0.25, 0.3) is 0 Å². The Morgan fingerprint density at radius 3 is 2.81 bits per heavy atom. The molecule has 0 unspecified atom stereocenters. The van der Waals surface area contributed by atoms with E-state index in [1.807, 2.05) is 12.3 Å². The largest absolute Gasteiger partial charge is 0.365 e. The van der Waals surface area contributed by atoms with Crippen molar-refractivity contribution < 1.29 is 8.78 Å². The number of para-hydroxylation sites is 1. The van der Waals surface area contributed by atoms with Crippen molar-refractivity contribution in [2.45, 2.75) is 25.9 Å². The van der Waals surface area contributed by atoms with Crippen molar-refractivity contribution in [1.82, 2.24) is 10.3 Å². The number of thiazole rings is 1. The first-order valence-corrected chi connectivity index (χ1v) is 7.85. The Balaban J connectivity index is 1.60. The summed E-state index contributed by atoms with van der Waals surface area (Å²) in [6.07, 6.45) is 0.873. The Kier molecular flexibility index (Phi) is 4.17. The van der Waals surface area contributed by atoms with Gasteiger partial charge in [0.2, 0.25) is 0 Å². The van der Waals surface area contributed by atoms with E-state index in [2.05, 4.69) is 10.3 Å². The normalized spacial score (nSPS) is 18.4. The Morgan fingerprint density at radius 1 is 1.38 bits per heavy atom. The zero-order valence-corrected chi connectivity index (χ0v) is 12.6. The van der Waals surface area contributed by atoms with Crippen molar-refractivity contribution in [3.05, 3.63) is 45.9 Å². The number of rotatable bonds is 4. The molecule has 0 aliphatic carbocycles. The Bertz CT molecular complexity index is 609. The first-order valence-electron chi connectivity index (χ1n) is 6.97. The van der Waals surface area contributed by atoms with Crippen LogP contribution in [-0.2, 0) is 6.54 Å². The molecule has 0 spiro atoms. The zero-order valence-electron chi connectivity index (χ0n) is 11.8. The summed E-state index contributed by atoms with van der Waals surface area (Å²) in [5.41, 5.74) is 1.12. The summed E-state index contributed by atoms with van der Waals surface area (Å²) in [7, 11) is 0.